The van der Waals surface area contributed by atoms with E-state index in [4.69, 9.17) is 105 Å². The van der Waals surface area contributed by atoms with Crippen molar-refractivity contribution < 1.29 is 323 Å². The third kappa shape index (κ3) is 34.7. The Morgan fingerprint density at radius 1 is 0.475 bits per heavy atom. The topological polar surface area (TPSA) is 386 Å². The Morgan fingerprint density at radius 3 is 1.09 bits per heavy atom. The molecule has 0 saturated carbocycles. The summed E-state index contributed by atoms with van der Waals surface area (Å²) in [5.74, 6) is -40.9. The fourth-order valence-corrected chi connectivity index (χ4v) is 14.8. The van der Waals surface area contributed by atoms with Crippen molar-refractivity contribution in [1.82, 2.24) is 25.1 Å². The number of fused-ring (bicyclic) bond motifs is 3. The molecule has 25 nitrogen and oxygen atoms in total. The number of hydrogen-bond donors (Lipinski definition) is 5. The molecule has 0 bridgehead atoms. The Morgan fingerprint density at radius 2 is 0.780 bits per heavy atom. The van der Waals surface area contributed by atoms with Crippen molar-refractivity contribution in [2.45, 2.75) is 87.6 Å². The van der Waals surface area contributed by atoms with Crippen molar-refractivity contribution >= 4 is 192 Å². The fraction of sp³-hybridized carbons (Fsp3) is 0.131. The van der Waals surface area contributed by atoms with E-state index in [2.05, 4.69) is 81.1 Å². The van der Waals surface area contributed by atoms with Gasteiger partial charge in [-0.25, -0.2) is 44.5 Å². The smallest absolute Gasteiger partial charge is 1.00 e. The van der Waals surface area contributed by atoms with Gasteiger partial charge in [0.2, 0.25) is 110 Å². The standard InChI is InChI=1S/C23H13ClF5NO3S.C22H11ClF5NO4S.C15H5ClF5NO3S.C7H7BClO3.C7H5BClO3.C6H15ClSi.C2H3N3S.CH2O3.CH4.B.2Cs.Na.2H/c1-2-11-9-13(24)3-5-15(11)22-16-6-4-14(10-12(16)7-8-30-22)34(31,32)33-23-20(28)18(26)17(25)19(27)21(23)29;23-12-1-3-15(11(7-12)9-30)21-14-4-2-13(8-10(14)5-6-29-21)34(31,32)33-22-19(27)17(25)16(24)18(26)20(22)28;16-15-8-2-1-7(5-6(8)3-4-22-15)26(23,24)25-14-12(20)10(18)9(17)11(19)13(14)21;2*9-6-1-2-7(12-8-11)5(3-6)4-10;1-6(2,3)8(4,5)7;3-2-5-4-1-6-2;2-1-4-3;;;;;;;/h3-10H,2H2,1H3;1-8,30H,9H2;1-5H;1-3,10-11H,4H2;1-4,11H;1-5H3;1H,(H2,3,5);1,3H;1H4;;;;;;/q;;;;;;;;;;3*+1;2*-1/p-1. The molecule has 0 saturated heterocycles. The Balaban J connectivity index is 0.00000173. The minimum Gasteiger partial charge on any atom is -1.00 e. The number of rotatable bonds is 20. The van der Waals surface area contributed by atoms with Gasteiger partial charge in [-0.05, 0) is 160 Å². The van der Waals surface area contributed by atoms with Crippen LogP contribution in [0.5, 0.6) is 28.7 Å². The van der Waals surface area contributed by atoms with Gasteiger partial charge < -0.3 is 60.9 Å². The minimum atomic E-state index is -5.01. The number of halogens is 21. The summed E-state index contributed by atoms with van der Waals surface area (Å²) in [5, 5.41) is 55.7. The zero-order chi connectivity index (χ0) is 102. The van der Waals surface area contributed by atoms with Crippen LogP contribution in [0.4, 0.5) is 71.0 Å². The summed E-state index contributed by atoms with van der Waals surface area (Å²) >= 11 is 36.6. The minimum absolute atomic E-state index is 0. The number of anilines is 1. The normalized spacial score (nSPS) is 10.8. The number of carbonyl (C=O) groups excluding carboxylic acids is 2. The van der Waals surface area contributed by atoms with Crippen LogP contribution in [0.15, 0.2) is 184 Å². The summed E-state index contributed by atoms with van der Waals surface area (Å²) in [6.45, 7) is 12.2. The molecule has 0 amide bonds. The van der Waals surface area contributed by atoms with Crippen molar-refractivity contribution in [3.8, 4) is 51.3 Å². The fourth-order valence-electron chi connectivity index (χ4n) is 10.6. The van der Waals surface area contributed by atoms with Gasteiger partial charge in [0.25, 0.3) is 6.47 Å². The third-order valence-corrected chi connectivity index (χ3v) is 28.8. The van der Waals surface area contributed by atoms with Crippen LogP contribution in [0.25, 0.3) is 54.8 Å². The molecule has 57 heteroatoms. The molecular formula is C84H66B3Cl6Cs2F15N6NaO19S4Si. The number of nitrogen functional groups attached to an aromatic ring is 1. The van der Waals surface area contributed by atoms with Crippen molar-refractivity contribution in [3.05, 3.63) is 304 Å². The molecule has 0 spiro atoms. The van der Waals surface area contributed by atoms with Gasteiger partial charge in [0.05, 0.1) is 30.2 Å². The molecule has 0 atom stereocenters. The maximum atomic E-state index is 13.9. The number of hydrogen-bond acceptors (Lipinski definition) is 26. The maximum absolute atomic E-state index is 13.9. The second kappa shape index (κ2) is 59.1. The molecule has 4 aromatic heterocycles. The average molecular weight is 2440 g/mol. The van der Waals surface area contributed by atoms with Crippen molar-refractivity contribution in [3.63, 3.8) is 0 Å². The van der Waals surface area contributed by atoms with E-state index >= 15 is 0 Å². The Bertz CT molecular complexity index is 6820. The van der Waals surface area contributed by atoms with Gasteiger partial charge in [-0.1, -0.05) is 142 Å². The Hall–Kier alpha value is -6.21. The largest absolute Gasteiger partial charge is 1.00 e. The van der Waals surface area contributed by atoms with Crippen LogP contribution in [0, 0.1) is 87.3 Å². The second-order valence-corrected chi connectivity index (χ2v) is 42.7. The number of carbonyl (C=O) groups is 2. The van der Waals surface area contributed by atoms with Gasteiger partial charge >= 0.3 is 213 Å². The summed E-state index contributed by atoms with van der Waals surface area (Å²) in [4.78, 5) is 32.4. The molecule has 14 aromatic rings. The van der Waals surface area contributed by atoms with Crippen molar-refractivity contribution in [1.29, 1.82) is 0 Å². The molecule has 0 fully saturated rings. The van der Waals surface area contributed by atoms with Crippen molar-refractivity contribution in [2.75, 3.05) is 5.73 Å². The zero-order valence-corrected chi connectivity index (χ0v) is 96.3. The number of aliphatic hydroxyl groups is 2. The van der Waals surface area contributed by atoms with E-state index in [9.17, 15) is 101 Å². The molecule has 4 heterocycles. The van der Waals surface area contributed by atoms with Crippen LogP contribution in [0.3, 0.4) is 0 Å². The molecule has 0 unspecified atom stereocenters. The van der Waals surface area contributed by atoms with E-state index in [1.165, 1.54) is 84.5 Å². The quantitative estimate of drug-likeness (QED) is 0.00452. The van der Waals surface area contributed by atoms with E-state index in [-0.39, 0.29) is 217 Å². The van der Waals surface area contributed by atoms with Gasteiger partial charge in [0, 0.05) is 79.9 Å². The monoisotopic (exact) mass is 2430 g/mol. The van der Waals surface area contributed by atoms with E-state index in [0.29, 0.717) is 130 Å². The molecule has 733 valence electrons. The van der Waals surface area contributed by atoms with Crippen LogP contribution < -0.4 is 200 Å². The zero-order valence-electron chi connectivity index (χ0n) is 75.0. The molecular weight excluding hydrogens is 2370 g/mol. The molecule has 0 aliphatic rings. The summed E-state index contributed by atoms with van der Waals surface area (Å²) < 4.78 is 299. The van der Waals surface area contributed by atoms with Crippen LogP contribution in [0.2, 0.25) is 43.4 Å². The number of aldehydes is 1. The molecule has 0 aliphatic carbocycles. The van der Waals surface area contributed by atoms with E-state index < -0.39 is 157 Å². The first kappa shape index (κ1) is 131. The average Bonchev–Trinajstić information content (AvgIpc) is 1.51. The summed E-state index contributed by atoms with van der Waals surface area (Å²) in [7, 11) is -15.2. The number of aliphatic hydroxyl groups excluding tert-OH is 2. The van der Waals surface area contributed by atoms with E-state index in [1.54, 1.807) is 60.1 Å². The first-order valence-corrected chi connectivity index (χ1v) is 48.0. The van der Waals surface area contributed by atoms with Gasteiger partial charge in [-0.15, -0.1) is 10.2 Å². The summed E-state index contributed by atoms with van der Waals surface area (Å²) in [6.07, 6.45) is 5.33. The number of benzene rings is 10. The number of aryl methyl sites for hydroxylation is 1. The Labute approximate surface area is 975 Å². The van der Waals surface area contributed by atoms with Crippen LogP contribution >= 0.6 is 80.4 Å². The molecule has 14 rings (SSSR count). The number of aromatic nitrogens is 5. The third-order valence-electron chi connectivity index (χ3n) is 18.2. The van der Waals surface area contributed by atoms with Crippen LogP contribution in [0.1, 0.15) is 65.0 Å². The predicted molar refractivity (Wildman–Crippen MR) is 489 cm³/mol. The first-order chi connectivity index (χ1) is 63.8. The first-order valence-electron chi connectivity index (χ1n) is 37.0. The molecule has 10 aromatic carbocycles. The SMILES string of the molecule is C.CC(C)(C)[Si](C)(C)Cl.CCc1cc(Cl)ccc1-c1nccc2cc(S(=O)(=O)Oc3c(F)c(F)c(F)c(F)c3F)ccc12.Nc1nncs1.O=CO[O-].O=Cc1cc(Cl)ccc1O[B]O.O=S(=O)(Oc1c(F)c(F)c(F)c(F)c1F)c1ccc2c(-c3ccc(Cl)cc3CO)nccc2c1.O=S(=O)(Oc1c(F)c(F)c(F)c(F)c1F)c1ccc2c(Cl)nccc2c1.O[B]Oc1ccc(Cl)cc1CO.[B].[Cs+].[Cs+].[H-].[H-].[Na+]. The van der Waals surface area contributed by atoms with E-state index in [1.807, 2.05) is 6.92 Å². The molecule has 6 N–H and O–H groups in total. The number of nitrogens with zero attached hydrogens (tertiary/aromatic N) is 5. The molecule has 0 aliphatic heterocycles. The van der Waals surface area contributed by atoms with Gasteiger partial charge in [0.1, 0.15) is 36.8 Å². The van der Waals surface area contributed by atoms with Gasteiger partial charge in [-0.2, -0.15) is 62.7 Å². The van der Waals surface area contributed by atoms with Gasteiger partial charge in [0.15, 0.2) is 13.7 Å². The number of nitrogens with two attached hydrogens (primary N) is 1. The molecule has 5 radical (unpaired) electrons. The van der Waals surface area contributed by atoms with Crippen LogP contribution in [-0.2, 0) is 59.7 Å². The second-order valence-electron chi connectivity index (χ2n) is 27.8. The van der Waals surface area contributed by atoms with Crippen LogP contribution in [-0.4, -0.2) is 115 Å². The summed E-state index contributed by atoms with van der Waals surface area (Å²) in [5.41, 5.74) is 11.1. The Kier molecular flexibility index (Phi) is 54.8. The number of pyridine rings is 3. The van der Waals surface area contributed by atoms with Crippen molar-refractivity contribution in [2.24, 2.45) is 0 Å². The van der Waals surface area contributed by atoms with E-state index in [0.717, 1.165) is 47.5 Å². The predicted octanol–water partition coefficient (Wildman–Crippen LogP) is 11.5. The summed E-state index contributed by atoms with van der Waals surface area (Å²) in [6, 6.07) is 33.9. The maximum Gasteiger partial charge on any atom is 1.00 e. The molecule has 141 heavy (non-hydrogen) atoms. The van der Waals surface area contributed by atoms with Gasteiger partial charge in [-0.3, -0.25) is 19.6 Å².